The number of carbonyl (C=O) groups is 2. The second kappa shape index (κ2) is 11.3. The van der Waals surface area contributed by atoms with Crippen LogP contribution in [0.15, 0.2) is 0 Å². The van der Waals surface area contributed by atoms with E-state index in [1.54, 1.807) is 7.05 Å². The van der Waals surface area contributed by atoms with Crippen molar-refractivity contribution in [3.8, 4) is 0 Å². The number of hydrogen-bond acceptors (Lipinski definition) is 3. The number of ether oxygens (including phenoxy) is 1. The Labute approximate surface area is 180 Å². The first-order chi connectivity index (χ1) is 13.1. The summed E-state index contributed by atoms with van der Waals surface area (Å²) in [6.07, 6.45) is 3.97. The Morgan fingerprint density at radius 3 is 1.90 bits per heavy atom. The molecule has 0 unspecified atom stereocenters. The molecule has 0 aliphatic carbocycles. The zero-order valence-corrected chi connectivity index (χ0v) is 20.9. The van der Waals surface area contributed by atoms with Crippen LogP contribution in [0.25, 0.3) is 0 Å². The van der Waals surface area contributed by atoms with Crippen molar-refractivity contribution < 1.29 is 14.3 Å². The molecule has 0 radical (unpaired) electrons. The van der Waals surface area contributed by atoms with Gasteiger partial charge < -0.3 is 15.4 Å². The average molecular weight is 413 g/mol. The highest BCUT2D eigenvalue weighted by molar-refractivity contribution is 5.81. The smallest absolute Gasteiger partial charge is 0.225 e. The maximum Gasteiger partial charge on any atom is 0.225 e. The van der Waals surface area contributed by atoms with E-state index in [1.165, 1.54) is 0 Å². The Bertz CT molecular complexity index is 522. The third kappa shape index (κ3) is 12.2. The van der Waals surface area contributed by atoms with Crippen LogP contribution < -0.4 is 10.6 Å². The second-order valence-corrected chi connectivity index (χ2v) is 11.6. The van der Waals surface area contributed by atoms with E-state index in [0.717, 1.165) is 32.3 Å². The summed E-state index contributed by atoms with van der Waals surface area (Å²) in [7, 11) is 1.66. The molecule has 0 aliphatic heterocycles. The van der Waals surface area contributed by atoms with Gasteiger partial charge in [-0.15, -0.1) is 0 Å². The first-order valence-electron chi connectivity index (χ1n) is 11.1. The van der Waals surface area contributed by atoms with E-state index in [0.29, 0.717) is 19.6 Å². The van der Waals surface area contributed by atoms with Crippen molar-refractivity contribution in [1.82, 2.24) is 10.6 Å². The molecule has 0 fully saturated rings. The lowest BCUT2D eigenvalue weighted by Gasteiger charge is -2.34. The molecular weight excluding hydrogens is 364 g/mol. The summed E-state index contributed by atoms with van der Waals surface area (Å²) in [6.45, 7) is 21.3. The van der Waals surface area contributed by atoms with Crippen molar-refractivity contribution in [2.24, 2.45) is 21.7 Å². The van der Waals surface area contributed by atoms with Crippen molar-refractivity contribution >= 4 is 11.8 Å². The van der Waals surface area contributed by atoms with Crippen LogP contribution in [0.3, 0.4) is 0 Å². The fourth-order valence-electron chi connectivity index (χ4n) is 3.47. The summed E-state index contributed by atoms with van der Waals surface area (Å²) in [5.74, 6) is 0.126. The zero-order chi connectivity index (χ0) is 22.9. The first kappa shape index (κ1) is 27.9. The van der Waals surface area contributed by atoms with Gasteiger partial charge in [-0.1, -0.05) is 62.3 Å². The summed E-state index contributed by atoms with van der Waals surface area (Å²) >= 11 is 0. The molecule has 0 saturated heterocycles. The number of nitrogens with one attached hydrogen (secondary N) is 2. The van der Waals surface area contributed by atoms with Gasteiger partial charge in [0.2, 0.25) is 11.8 Å². The van der Waals surface area contributed by atoms with Crippen LogP contribution in [-0.4, -0.2) is 38.6 Å². The molecule has 29 heavy (non-hydrogen) atoms. The standard InChI is InChI=1S/C24H48N2O3/c1-11-21(2,3)17-29-18-23(6,7)14-15-26-20(28)24(8,9)16-22(4,5)13-12-19(27)25-10/h11-18H2,1-10H3,(H,25,27)(H,26,28). The zero-order valence-electron chi connectivity index (χ0n) is 20.9. The minimum absolute atomic E-state index is 0.0219. The number of amides is 2. The second-order valence-electron chi connectivity index (χ2n) is 11.6. The van der Waals surface area contributed by atoms with Crippen LogP contribution in [0, 0.1) is 21.7 Å². The molecule has 5 nitrogen and oxygen atoms in total. The van der Waals surface area contributed by atoms with Gasteiger partial charge in [-0.25, -0.2) is 0 Å². The number of hydrogen-bond donors (Lipinski definition) is 2. The lowest BCUT2D eigenvalue weighted by Crippen LogP contribution is -2.41. The van der Waals surface area contributed by atoms with E-state index in [9.17, 15) is 9.59 Å². The Kier molecular flexibility index (Phi) is 10.9. The van der Waals surface area contributed by atoms with Gasteiger partial charge in [0.05, 0.1) is 13.2 Å². The maximum atomic E-state index is 12.8. The molecule has 5 heteroatoms. The monoisotopic (exact) mass is 412 g/mol. The minimum atomic E-state index is -0.474. The average Bonchev–Trinajstić information content (AvgIpc) is 2.58. The van der Waals surface area contributed by atoms with Crippen LogP contribution in [-0.2, 0) is 14.3 Å². The van der Waals surface area contributed by atoms with Gasteiger partial charge >= 0.3 is 0 Å². The van der Waals surface area contributed by atoms with Gasteiger partial charge in [0.25, 0.3) is 0 Å². The molecule has 172 valence electrons. The third-order valence-corrected chi connectivity index (χ3v) is 5.87. The Morgan fingerprint density at radius 2 is 1.38 bits per heavy atom. The molecule has 0 aromatic rings. The fourth-order valence-corrected chi connectivity index (χ4v) is 3.47. The van der Waals surface area contributed by atoms with Gasteiger partial charge in [0.1, 0.15) is 0 Å². The predicted molar refractivity (Wildman–Crippen MR) is 122 cm³/mol. The fraction of sp³-hybridized carbons (Fsp3) is 0.917. The van der Waals surface area contributed by atoms with Gasteiger partial charge in [-0.05, 0) is 41.9 Å². The number of rotatable bonds is 14. The molecule has 0 rings (SSSR count). The molecule has 0 spiro atoms. The molecule has 2 N–H and O–H groups in total. The van der Waals surface area contributed by atoms with E-state index in [1.807, 2.05) is 13.8 Å². The Hall–Kier alpha value is -1.10. The highest BCUT2D eigenvalue weighted by atomic mass is 16.5. The quantitative estimate of drug-likeness (QED) is 0.424. The summed E-state index contributed by atoms with van der Waals surface area (Å²) < 4.78 is 5.95. The molecular formula is C24H48N2O3. The summed E-state index contributed by atoms with van der Waals surface area (Å²) in [5, 5.41) is 5.78. The van der Waals surface area contributed by atoms with Crippen LogP contribution in [0.4, 0.5) is 0 Å². The van der Waals surface area contributed by atoms with Crippen molar-refractivity contribution in [2.45, 2.75) is 94.4 Å². The predicted octanol–water partition coefficient (Wildman–Crippen LogP) is 4.94. The van der Waals surface area contributed by atoms with Crippen molar-refractivity contribution in [3.63, 3.8) is 0 Å². The molecule has 0 aliphatic rings. The van der Waals surface area contributed by atoms with Crippen LogP contribution in [0.1, 0.15) is 94.4 Å². The van der Waals surface area contributed by atoms with Crippen LogP contribution >= 0.6 is 0 Å². The molecule has 0 aromatic heterocycles. The van der Waals surface area contributed by atoms with E-state index in [4.69, 9.17) is 4.74 Å². The minimum Gasteiger partial charge on any atom is -0.380 e. The van der Waals surface area contributed by atoms with Gasteiger partial charge in [0.15, 0.2) is 0 Å². The first-order valence-corrected chi connectivity index (χ1v) is 11.1. The normalized spacial score (nSPS) is 13.3. The molecule has 0 saturated carbocycles. The van der Waals surface area contributed by atoms with Crippen LogP contribution in [0.2, 0.25) is 0 Å². The topological polar surface area (TPSA) is 67.4 Å². The van der Waals surface area contributed by atoms with Crippen LogP contribution in [0.5, 0.6) is 0 Å². The molecule has 0 atom stereocenters. The molecule has 0 heterocycles. The lowest BCUT2D eigenvalue weighted by molar-refractivity contribution is -0.131. The lowest BCUT2D eigenvalue weighted by atomic mass is 9.72. The summed E-state index contributed by atoms with van der Waals surface area (Å²) in [6, 6.07) is 0. The van der Waals surface area contributed by atoms with Gasteiger partial charge in [-0.3, -0.25) is 9.59 Å². The maximum absolute atomic E-state index is 12.8. The largest absolute Gasteiger partial charge is 0.380 e. The molecule has 0 aromatic carbocycles. The van der Waals surface area contributed by atoms with Crippen molar-refractivity contribution in [2.75, 3.05) is 26.8 Å². The third-order valence-electron chi connectivity index (χ3n) is 5.87. The summed E-state index contributed by atoms with van der Waals surface area (Å²) in [4.78, 5) is 24.3. The number of carbonyl (C=O) groups excluding carboxylic acids is 2. The van der Waals surface area contributed by atoms with Gasteiger partial charge in [-0.2, -0.15) is 0 Å². The van der Waals surface area contributed by atoms with E-state index >= 15 is 0 Å². The van der Waals surface area contributed by atoms with E-state index in [2.05, 4.69) is 59.1 Å². The Morgan fingerprint density at radius 1 is 0.828 bits per heavy atom. The Balaban J connectivity index is 4.47. The SMILES string of the molecule is CCC(C)(C)COCC(C)(C)CCNC(=O)C(C)(C)CC(C)(C)CCC(=O)NC. The molecule has 0 bridgehead atoms. The van der Waals surface area contributed by atoms with Crippen molar-refractivity contribution in [1.29, 1.82) is 0 Å². The van der Waals surface area contributed by atoms with Gasteiger partial charge in [0, 0.05) is 25.4 Å². The molecule has 2 amide bonds. The van der Waals surface area contributed by atoms with E-state index < -0.39 is 5.41 Å². The highest BCUT2D eigenvalue weighted by Crippen LogP contribution is 2.37. The van der Waals surface area contributed by atoms with Crippen molar-refractivity contribution in [3.05, 3.63) is 0 Å². The highest BCUT2D eigenvalue weighted by Gasteiger charge is 2.35. The van der Waals surface area contributed by atoms with E-state index in [-0.39, 0.29) is 28.1 Å². The summed E-state index contributed by atoms with van der Waals surface area (Å²) in [5.41, 5.74) is -0.322.